The molecule has 0 heterocycles. The fraction of sp³-hybridized carbons (Fsp3) is 0.300. The van der Waals surface area contributed by atoms with Crippen molar-refractivity contribution in [2.24, 2.45) is 0 Å². The Bertz CT molecular complexity index is 679. The van der Waals surface area contributed by atoms with Gasteiger partial charge in [0.1, 0.15) is 0 Å². The van der Waals surface area contributed by atoms with E-state index in [2.05, 4.69) is 12.2 Å². The fourth-order valence-corrected chi connectivity index (χ4v) is 2.47. The molecule has 0 aliphatic rings. The monoisotopic (exact) mass is 324 g/mol. The van der Waals surface area contributed by atoms with Gasteiger partial charge in [0, 0.05) is 32.6 Å². The minimum Gasteiger partial charge on any atom is -0.352 e. The lowest BCUT2D eigenvalue weighted by Gasteiger charge is -2.13. The number of benzene rings is 2. The normalized spacial score (nSPS) is 11.6. The predicted octanol–water partition coefficient (Wildman–Crippen LogP) is 3.20. The van der Waals surface area contributed by atoms with Crippen LogP contribution >= 0.6 is 0 Å². The molecule has 0 aromatic heterocycles. The van der Waals surface area contributed by atoms with Crippen LogP contribution in [-0.4, -0.2) is 30.8 Å². The van der Waals surface area contributed by atoms with E-state index in [-0.39, 0.29) is 17.7 Å². The number of nitrogens with one attached hydrogen (secondary N) is 1. The molecule has 2 aromatic rings. The molecule has 0 radical (unpaired) electrons. The molecule has 4 heteroatoms. The zero-order valence-corrected chi connectivity index (χ0v) is 14.5. The molecule has 2 rings (SSSR count). The second-order valence-electron chi connectivity index (χ2n) is 6.19. The van der Waals surface area contributed by atoms with Crippen molar-refractivity contribution in [1.82, 2.24) is 10.2 Å². The fourth-order valence-electron chi connectivity index (χ4n) is 2.47. The average Bonchev–Trinajstić information content (AvgIpc) is 2.60. The molecule has 1 unspecified atom stereocenters. The van der Waals surface area contributed by atoms with E-state index in [9.17, 15) is 9.59 Å². The van der Waals surface area contributed by atoms with Gasteiger partial charge in [0.2, 0.25) is 5.91 Å². The third kappa shape index (κ3) is 4.95. The summed E-state index contributed by atoms with van der Waals surface area (Å²) in [7, 11) is 3.45. The summed E-state index contributed by atoms with van der Waals surface area (Å²) in [4.78, 5) is 25.5. The van der Waals surface area contributed by atoms with Crippen LogP contribution in [0.2, 0.25) is 0 Å². The van der Waals surface area contributed by atoms with Crippen molar-refractivity contribution >= 4 is 11.8 Å². The Labute approximate surface area is 143 Å². The number of amides is 2. The Morgan fingerprint density at radius 2 is 1.62 bits per heavy atom. The molecule has 1 atom stereocenters. The Kier molecular flexibility index (Phi) is 6.13. The molecule has 0 saturated carbocycles. The summed E-state index contributed by atoms with van der Waals surface area (Å²) in [6.45, 7) is 2.52. The Hall–Kier alpha value is -2.62. The number of rotatable bonds is 6. The van der Waals surface area contributed by atoms with Crippen molar-refractivity contribution in [3.63, 3.8) is 0 Å². The van der Waals surface area contributed by atoms with Crippen LogP contribution in [0.1, 0.15) is 40.7 Å². The molecule has 0 spiro atoms. The van der Waals surface area contributed by atoms with Crippen molar-refractivity contribution < 1.29 is 9.59 Å². The van der Waals surface area contributed by atoms with E-state index < -0.39 is 0 Å². The van der Waals surface area contributed by atoms with E-state index in [1.165, 1.54) is 5.56 Å². The second kappa shape index (κ2) is 8.29. The molecule has 1 N–H and O–H groups in total. The molecular weight excluding hydrogens is 300 g/mol. The van der Waals surface area contributed by atoms with E-state index >= 15 is 0 Å². The van der Waals surface area contributed by atoms with Crippen LogP contribution < -0.4 is 5.32 Å². The first-order valence-corrected chi connectivity index (χ1v) is 8.09. The summed E-state index contributed by atoms with van der Waals surface area (Å²) in [5.74, 6) is 0.188. The highest BCUT2D eigenvalue weighted by Crippen LogP contribution is 2.18. The van der Waals surface area contributed by atoms with E-state index in [0.717, 1.165) is 5.56 Å². The van der Waals surface area contributed by atoms with E-state index in [1.807, 2.05) is 42.5 Å². The van der Waals surface area contributed by atoms with Crippen molar-refractivity contribution in [2.45, 2.75) is 25.8 Å². The topological polar surface area (TPSA) is 49.4 Å². The zero-order valence-electron chi connectivity index (χ0n) is 14.5. The highest BCUT2D eigenvalue weighted by atomic mass is 16.2. The summed E-state index contributed by atoms with van der Waals surface area (Å²) < 4.78 is 0. The van der Waals surface area contributed by atoms with Crippen LogP contribution in [0.3, 0.4) is 0 Å². The first-order chi connectivity index (χ1) is 11.5. The average molecular weight is 324 g/mol. The van der Waals surface area contributed by atoms with E-state index in [1.54, 1.807) is 31.1 Å². The molecular formula is C20H24N2O2. The number of hydrogen-bond acceptors (Lipinski definition) is 2. The van der Waals surface area contributed by atoms with Gasteiger partial charge in [-0.05, 0) is 29.2 Å². The number of carbonyl (C=O) groups is 2. The van der Waals surface area contributed by atoms with Crippen LogP contribution in [0.25, 0.3) is 0 Å². The quantitative estimate of drug-likeness (QED) is 0.887. The third-order valence-corrected chi connectivity index (χ3v) is 3.96. The summed E-state index contributed by atoms with van der Waals surface area (Å²) in [5.41, 5.74) is 2.79. The molecule has 0 aliphatic carbocycles. The summed E-state index contributed by atoms with van der Waals surface area (Å²) >= 11 is 0. The van der Waals surface area contributed by atoms with Gasteiger partial charge in [0.15, 0.2) is 0 Å². The zero-order chi connectivity index (χ0) is 17.5. The van der Waals surface area contributed by atoms with Crippen LogP contribution in [0.4, 0.5) is 0 Å². The van der Waals surface area contributed by atoms with Crippen LogP contribution in [0.15, 0.2) is 54.6 Å². The lowest BCUT2D eigenvalue weighted by molar-refractivity contribution is -0.121. The van der Waals surface area contributed by atoms with Gasteiger partial charge in [-0.2, -0.15) is 0 Å². The maximum Gasteiger partial charge on any atom is 0.253 e. The number of hydrogen-bond donors (Lipinski definition) is 1. The van der Waals surface area contributed by atoms with Gasteiger partial charge in [0.25, 0.3) is 5.91 Å². The molecule has 0 saturated heterocycles. The molecule has 2 amide bonds. The van der Waals surface area contributed by atoms with Gasteiger partial charge in [-0.25, -0.2) is 0 Å². The molecule has 0 bridgehead atoms. The molecule has 24 heavy (non-hydrogen) atoms. The minimum absolute atomic E-state index is 0.0257. The van der Waals surface area contributed by atoms with Crippen molar-refractivity contribution in [1.29, 1.82) is 0 Å². The minimum atomic E-state index is -0.0257. The standard InChI is InChI=1S/C20H24N2O2/c1-15(17-7-5-4-6-8-17)13-19(23)21-14-16-9-11-18(12-10-16)20(24)22(2)3/h4-12,15H,13-14H2,1-3H3,(H,21,23). The smallest absolute Gasteiger partial charge is 0.253 e. The van der Waals surface area contributed by atoms with Crippen LogP contribution in [-0.2, 0) is 11.3 Å². The Balaban J connectivity index is 1.84. The molecule has 0 fully saturated rings. The van der Waals surface area contributed by atoms with Crippen LogP contribution in [0, 0.1) is 0 Å². The molecule has 2 aromatic carbocycles. The SMILES string of the molecule is CC(CC(=O)NCc1ccc(C(=O)N(C)C)cc1)c1ccccc1. The molecule has 4 nitrogen and oxygen atoms in total. The van der Waals surface area contributed by atoms with E-state index in [4.69, 9.17) is 0 Å². The first kappa shape index (κ1) is 17.7. The molecule has 0 aliphatic heterocycles. The predicted molar refractivity (Wildman–Crippen MR) is 95.8 cm³/mol. The summed E-state index contributed by atoms with van der Waals surface area (Å²) in [6, 6.07) is 17.3. The highest BCUT2D eigenvalue weighted by Gasteiger charge is 2.11. The van der Waals surface area contributed by atoms with Gasteiger partial charge in [-0.1, -0.05) is 49.4 Å². The maximum absolute atomic E-state index is 12.1. The summed E-state index contributed by atoms with van der Waals surface area (Å²) in [5, 5.41) is 2.94. The second-order valence-corrected chi connectivity index (χ2v) is 6.19. The maximum atomic E-state index is 12.1. The lowest BCUT2D eigenvalue weighted by Crippen LogP contribution is -2.24. The van der Waals surface area contributed by atoms with Crippen molar-refractivity contribution in [3.05, 3.63) is 71.3 Å². The van der Waals surface area contributed by atoms with Crippen molar-refractivity contribution in [2.75, 3.05) is 14.1 Å². The molecule has 126 valence electrons. The van der Waals surface area contributed by atoms with E-state index in [0.29, 0.717) is 18.5 Å². The van der Waals surface area contributed by atoms with Gasteiger partial charge in [-0.3, -0.25) is 9.59 Å². The first-order valence-electron chi connectivity index (χ1n) is 8.09. The Morgan fingerprint density at radius 3 is 2.21 bits per heavy atom. The van der Waals surface area contributed by atoms with Gasteiger partial charge < -0.3 is 10.2 Å². The third-order valence-electron chi connectivity index (χ3n) is 3.96. The van der Waals surface area contributed by atoms with Gasteiger partial charge in [0.05, 0.1) is 0 Å². The van der Waals surface area contributed by atoms with Gasteiger partial charge >= 0.3 is 0 Å². The largest absolute Gasteiger partial charge is 0.352 e. The number of carbonyl (C=O) groups excluding carboxylic acids is 2. The number of nitrogens with zero attached hydrogens (tertiary/aromatic N) is 1. The van der Waals surface area contributed by atoms with Gasteiger partial charge in [-0.15, -0.1) is 0 Å². The highest BCUT2D eigenvalue weighted by molar-refractivity contribution is 5.93. The summed E-state index contributed by atoms with van der Waals surface area (Å²) in [6.07, 6.45) is 0.460. The Morgan fingerprint density at radius 1 is 1.00 bits per heavy atom. The lowest BCUT2D eigenvalue weighted by atomic mass is 9.97. The van der Waals surface area contributed by atoms with Crippen LogP contribution in [0.5, 0.6) is 0 Å². The van der Waals surface area contributed by atoms with Crippen molar-refractivity contribution in [3.8, 4) is 0 Å².